The number of amides is 2. The first-order valence-corrected chi connectivity index (χ1v) is 6.30. The Morgan fingerprint density at radius 3 is 2.47 bits per heavy atom. The van der Waals surface area contributed by atoms with Gasteiger partial charge in [-0.1, -0.05) is 6.92 Å². The summed E-state index contributed by atoms with van der Waals surface area (Å²) in [6, 6.07) is 0.721. The molecule has 0 spiro atoms. The largest absolute Gasteiger partial charge is 0.325 e. The summed E-state index contributed by atoms with van der Waals surface area (Å²) in [5, 5.41) is 0. The van der Waals surface area contributed by atoms with Crippen molar-refractivity contribution in [2.75, 3.05) is 19.6 Å². The fourth-order valence-corrected chi connectivity index (χ4v) is 2.35. The molecule has 1 rings (SSSR count). The number of piperidine rings is 1. The molecule has 1 atom stereocenters. The van der Waals surface area contributed by atoms with Crippen LogP contribution in [0.2, 0.25) is 0 Å². The molecule has 0 saturated carbocycles. The van der Waals surface area contributed by atoms with Crippen molar-refractivity contribution in [1.29, 1.82) is 0 Å². The average Bonchev–Trinajstić information content (AvgIpc) is 2.30. The third-order valence-corrected chi connectivity index (χ3v) is 3.38. The van der Waals surface area contributed by atoms with E-state index in [4.69, 9.17) is 0 Å². The predicted octanol–water partition coefficient (Wildman–Crippen LogP) is 2.71. The van der Waals surface area contributed by atoms with E-state index in [0.717, 1.165) is 26.1 Å². The van der Waals surface area contributed by atoms with Gasteiger partial charge in [0, 0.05) is 25.7 Å². The second kappa shape index (κ2) is 5.99. The van der Waals surface area contributed by atoms with Gasteiger partial charge in [0.15, 0.2) is 0 Å². The van der Waals surface area contributed by atoms with Gasteiger partial charge in [0.05, 0.1) is 0 Å². The minimum absolute atomic E-state index is 0.242. The molecule has 1 unspecified atom stereocenters. The van der Waals surface area contributed by atoms with E-state index >= 15 is 0 Å². The molecule has 0 aliphatic carbocycles. The lowest BCUT2D eigenvalue weighted by Gasteiger charge is -2.38. The summed E-state index contributed by atoms with van der Waals surface area (Å²) < 4.78 is 0. The monoisotopic (exact) mass is 212 g/mol. The van der Waals surface area contributed by atoms with Gasteiger partial charge >= 0.3 is 6.03 Å². The molecule has 1 aliphatic heterocycles. The highest BCUT2D eigenvalue weighted by atomic mass is 16.2. The van der Waals surface area contributed by atoms with Crippen molar-refractivity contribution in [2.24, 2.45) is 0 Å². The van der Waals surface area contributed by atoms with Gasteiger partial charge < -0.3 is 9.80 Å². The average molecular weight is 212 g/mol. The van der Waals surface area contributed by atoms with Crippen molar-refractivity contribution >= 4 is 6.03 Å². The van der Waals surface area contributed by atoms with Crippen LogP contribution in [-0.4, -0.2) is 41.5 Å². The second-order valence-corrected chi connectivity index (χ2v) is 4.21. The Balaban J connectivity index is 2.62. The molecule has 0 bridgehead atoms. The zero-order valence-corrected chi connectivity index (χ0v) is 10.3. The number of rotatable bonds is 3. The van der Waals surface area contributed by atoms with Crippen molar-refractivity contribution in [3.05, 3.63) is 0 Å². The van der Waals surface area contributed by atoms with E-state index in [9.17, 15) is 4.79 Å². The highest BCUT2D eigenvalue weighted by molar-refractivity contribution is 5.74. The number of hydrogen-bond acceptors (Lipinski definition) is 1. The number of nitrogens with zero attached hydrogens (tertiary/aromatic N) is 2. The molecule has 3 heteroatoms. The summed E-state index contributed by atoms with van der Waals surface area (Å²) in [6.45, 7) is 8.87. The first-order chi connectivity index (χ1) is 7.24. The standard InChI is InChI=1S/C12H24N2O/c1-4-11-9-7-8-10-14(11)12(15)13(5-2)6-3/h11H,4-10H2,1-3H3. The predicted molar refractivity (Wildman–Crippen MR) is 63.0 cm³/mol. The van der Waals surface area contributed by atoms with Gasteiger partial charge in [-0.05, 0) is 39.5 Å². The fourth-order valence-electron chi connectivity index (χ4n) is 2.35. The molecule has 1 heterocycles. The Kier molecular flexibility index (Phi) is 4.92. The lowest BCUT2D eigenvalue weighted by atomic mass is 10.0. The van der Waals surface area contributed by atoms with E-state index in [1.165, 1.54) is 19.3 Å². The summed E-state index contributed by atoms with van der Waals surface area (Å²) in [5.41, 5.74) is 0. The first kappa shape index (κ1) is 12.3. The lowest BCUT2D eigenvalue weighted by molar-refractivity contribution is 0.117. The highest BCUT2D eigenvalue weighted by Crippen LogP contribution is 2.20. The summed E-state index contributed by atoms with van der Waals surface area (Å²) in [4.78, 5) is 16.2. The van der Waals surface area contributed by atoms with E-state index in [0.29, 0.717) is 6.04 Å². The Morgan fingerprint density at radius 1 is 1.27 bits per heavy atom. The zero-order chi connectivity index (χ0) is 11.3. The normalized spacial score (nSPS) is 21.5. The highest BCUT2D eigenvalue weighted by Gasteiger charge is 2.27. The molecule has 0 aromatic rings. The Morgan fingerprint density at radius 2 is 1.93 bits per heavy atom. The van der Waals surface area contributed by atoms with Crippen molar-refractivity contribution in [2.45, 2.75) is 52.5 Å². The van der Waals surface area contributed by atoms with Gasteiger partial charge in [-0.2, -0.15) is 0 Å². The number of urea groups is 1. The number of carbonyl (C=O) groups is 1. The minimum Gasteiger partial charge on any atom is -0.325 e. The van der Waals surface area contributed by atoms with Crippen LogP contribution in [0, 0.1) is 0 Å². The third kappa shape index (κ3) is 2.86. The molecule has 88 valence electrons. The molecular weight excluding hydrogens is 188 g/mol. The maximum absolute atomic E-state index is 12.2. The van der Waals surface area contributed by atoms with Crippen LogP contribution in [0.15, 0.2) is 0 Å². The van der Waals surface area contributed by atoms with Crippen molar-refractivity contribution in [1.82, 2.24) is 9.80 Å². The molecule has 3 nitrogen and oxygen atoms in total. The maximum atomic E-state index is 12.2. The fraction of sp³-hybridized carbons (Fsp3) is 0.917. The summed E-state index contributed by atoms with van der Waals surface area (Å²) in [7, 11) is 0. The van der Waals surface area contributed by atoms with Gasteiger partial charge in [0.2, 0.25) is 0 Å². The van der Waals surface area contributed by atoms with Crippen LogP contribution in [0.4, 0.5) is 4.79 Å². The second-order valence-electron chi connectivity index (χ2n) is 4.21. The van der Waals surface area contributed by atoms with E-state index in [1.54, 1.807) is 0 Å². The van der Waals surface area contributed by atoms with Crippen molar-refractivity contribution in [3.63, 3.8) is 0 Å². The number of carbonyl (C=O) groups excluding carboxylic acids is 1. The lowest BCUT2D eigenvalue weighted by Crippen LogP contribution is -2.50. The maximum Gasteiger partial charge on any atom is 0.320 e. The van der Waals surface area contributed by atoms with Crippen LogP contribution < -0.4 is 0 Å². The van der Waals surface area contributed by atoms with Crippen molar-refractivity contribution < 1.29 is 4.79 Å². The quantitative estimate of drug-likeness (QED) is 0.705. The molecular formula is C12H24N2O. The van der Waals surface area contributed by atoms with Crippen LogP contribution in [0.1, 0.15) is 46.5 Å². The first-order valence-electron chi connectivity index (χ1n) is 6.30. The summed E-state index contributed by atoms with van der Waals surface area (Å²) in [6.07, 6.45) is 4.72. The van der Waals surface area contributed by atoms with Gasteiger partial charge in [0.25, 0.3) is 0 Å². The van der Waals surface area contributed by atoms with E-state index < -0.39 is 0 Å². The molecule has 1 aliphatic rings. The summed E-state index contributed by atoms with van der Waals surface area (Å²) >= 11 is 0. The SMILES string of the molecule is CCC1CCCCN1C(=O)N(CC)CC. The Hall–Kier alpha value is -0.730. The number of likely N-dealkylation sites (tertiary alicyclic amines) is 1. The molecule has 0 N–H and O–H groups in total. The zero-order valence-electron chi connectivity index (χ0n) is 10.3. The smallest absolute Gasteiger partial charge is 0.320 e. The topological polar surface area (TPSA) is 23.6 Å². The van der Waals surface area contributed by atoms with Gasteiger partial charge in [-0.3, -0.25) is 0 Å². The number of hydrogen-bond donors (Lipinski definition) is 0. The molecule has 2 amide bonds. The van der Waals surface area contributed by atoms with Gasteiger partial charge in [-0.25, -0.2) is 4.79 Å². The molecule has 0 aromatic heterocycles. The van der Waals surface area contributed by atoms with Crippen LogP contribution in [0.3, 0.4) is 0 Å². The van der Waals surface area contributed by atoms with E-state index in [1.807, 2.05) is 18.7 Å². The van der Waals surface area contributed by atoms with Gasteiger partial charge in [0.1, 0.15) is 0 Å². The van der Waals surface area contributed by atoms with Crippen LogP contribution in [0.25, 0.3) is 0 Å². The molecule has 0 radical (unpaired) electrons. The third-order valence-electron chi connectivity index (χ3n) is 3.38. The molecule has 1 saturated heterocycles. The van der Waals surface area contributed by atoms with Crippen LogP contribution in [-0.2, 0) is 0 Å². The van der Waals surface area contributed by atoms with E-state index in [2.05, 4.69) is 11.8 Å². The molecule has 15 heavy (non-hydrogen) atoms. The molecule has 1 fully saturated rings. The Labute approximate surface area is 93.4 Å². The van der Waals surface area contributed by atoms with E-state index in [-0.39, 0.29) is 6.03 Å². The molecule has 0 aromatic carbocycles. The van der Waals surface area contributed by atoms with Crippen LogP contribution >= 0.6 is 0 Å². The minimum atomic E-state index is 0.242. The van der Waals surface area contributed by atoms with Gasteiger partial charge in [-0.15, -0.1) is 0 Å². The summed E-state index contributed by atoms with van der Waals surface area (Å²) in [5.74, 6) is 0. The Bertz CT molecular complexity index is 202. The van der Waals surface area contributed by atoms with Crippen LogP contribution in [0.5, 0.6) is 0 Å². The van der Waals surface area contributed by atoms with Crippen molar-refractivity contribution in [3.8, 4) is 0 Å².